The van der Waals surface area contributed by atoms with Crippen LogP contribution in [0.3, 0.4) is 0 Å². The minimum atomic E-state index is -3.80. The Hall–Kier alpha value is -4.43. The Morgan fingerprint density at radius 3 is 2.29 bits per heavy atom. The Bertz CT molecular complexity index is 1800. The van der Waals surface area contributed by atoms with Crippen LogP contribution >= 0.6 is 0 Å². The third kappa shape index (κ3) is 6.71. The van der Waals surface area contributed by atoms with Gasteiger partial charge in [-0.05, 0) is 60.3 Å². The van der Waals surface area contributed by atoms with Crippen molar-refractivity contribution in [3.8, 4) is 11.8 Å². The molecule has 0 aliphatic carbocycles. The van der Waals surface area contributed by atoms with Crippen molar-refractivity contribution >= 4 is 32.6 Å². The summed E-state index contributed by atoms with van der Waals surface area (Å²) < 4.78 is 35.3. The van der Waals surface area contributed by atoms with E-state index in [1.807, 2.05) is 85.1 Å². The Morgan fingerprint density at radius 1 is 0.929 bits per heavy atom. The van der Waals surface area contributed by atoms with Gasteiger partial charge in [0.1, 0.15) is 6.04 Å². The molecule has 1 aromatic heterocycles. The van der Waals surface area contributed by atoms with Crippen LogP contribution in [0, 0.1) is 11.8 Å². The van der Waals surface area contributed by atoms with E-state index < -0.39 is 22.2 Å². The van der Waals surface area contributed by atoms with E-state index in [0.29, 0.717) is 38.1 Å². The van der Waals surface area contributed by atoms with Crippen LogP contribution in [0.25, 0.3) is 10.8 Å². The molecule has 4 aromatic rings. The summed E-state index contributed by atoms with van der Waals surface area (Å²) >= 11 is 0. The first-order valence-electron chi connectivity index (χ1n) is 13.6. The zero-order valence-corrected chi connectivity index (χ0v) is 24.3. The zero-order chi connectivity index (χ0) is 29.7. The van der Waals surface area contributed by atoms with Crippen LogP contribution in [0.5, 0.6) is 0 Å². The summed E-state index contributed by atoms with van der Waals surface area (Å²) in [6.45, 7) is 3.57. The number of ether oxygens (including phenoxy) is 1. The van der Waals surface area contributed by atoms with E-state index in [2.05, 4.69) is 26.2 Å². The molecule has 1 aliphatic rings. The molecule has 0 radical (unpaired) electrons. The van der Waals surface area contributed by atoms with Crippen molar-refractivity contribution in [1.82, 2.24) is 13.6 Å². The summed E-state index contributed by atoms with van der Waals surface area (Å²) in [6, 6.07) is 24.3. The number of benzene rings is 3. The molecule has 10 heteroatoms. The molecule has 0 spiro atoms. The monoisotopic (exact) mass is 584 g/mol. The Labute approximate surface area is 245 Å². The highest BCUT2D eigenvalue weighted by Crippen LogP contribution is 2.19. The fourth-order valence-electron chi connectivity index (χ4n) is 4.87. The number of fused-ring (bicyclic) bond motifs is 1. The van der Waals surface area contributed by atoms with Crippen LogP contribution < -0.4 is 15.2 Å². The Morgan fingerprint density at radius 2 is 1.60 bits per heavy atom. The molecule has 3 aromatic carbocycles. The first kappa shape index (κ1) is 29.1. The third-order valence-corrected chi connectivity index (χ3v) is 8.91. The molecule has 1 aliphatic heterocycles. The van der Waals surface area contributed by atoms with Crippen molar-refractivity contribution in [1.29, 1.82) is 0 Å². The normalized spacial score (nSPS) is 14.7. The number of nitrogens with zero attached hydrogens (tertiary/aromatic N) is 3. The number of aromatic nitrogens is 1. The lowest BCUT2D eigenvalue weighted by Gasteiger charge is -2.35. The summed E-state index contributed by atoms with van der Waals surface area (Å²) in [5.41, 5.74) is 3.57. The van der Waals surface area contributed by atoms with E-state index in [0.717, 1.165) is 27.8 Å². The van der Waals surface area contributed by atoms with Gasteiger partial charge in [0, 0.05) is 54.6 Å². The Balaban J connectivity index is 1.23. The summed E-state index contributed by atoms with van der Waals surface area (Å²) in [4.78, 5) is 26.9. The lowest BCUT2D eigenvalue weighted by atomic mass is 10.1. The minimum absolute atomic E-state index is 0.0500. The number of carbonyl (C=O) groups excluding carboxylic acids is 1. The number of hydrogen-bond acceptors (Lipinski definition) is 6. The summed E-state index contributed by atoms with van der Waals surface area (Å²) in [5.74, 6) is 5.72. The molecule has 5 rings (SSSR count). The van der Waals surface area contributed by atoms with Crippen LogP contribution in [-0.4, -0.2) is 62.6 Å². The predicted octanol–water partition coefficient (Wildman–Crippen LogP) is 2.97. The molecule has 0 saturated carbocycles. The van der Waals surface area contributed by atoms with Gasteiger partial charge in [-0.1, -0.05) is 48.2 Å². The SMILES string of the molecule is COC(=O)[C@@H](C)NS(=O)(=O)N1CCN(c2ccc(C#Cc3ccc4ccn(Cc5ccccc5)c(=O)c4c3)cc2)CC1. The van der Waals surface area contributed by atoms with Crippen LogP contribution in [0.1, 0.15) is 23.6 Å². The summed E-state index contributed by atoms with van der Waals surface area (Å²) in [7, 11) is -2.58. The van der Waals surface area contributed by atoms with E-state index in [-0.39, 0.29) is 5.56 Å². The number of hydrogen-bond donors (Lipinski definition) is 1. The third-order valence-electron chi connectivity index (χ3n) is 7.22. The second-order valence-corrected chi connectivity index (χ2v) is 11.8. The molecular weight excluding hydrogens is 552 g/mol. The van der Waals surface area contributed by atoms with E-state index >= 15 is 0 Å². The number of esters is 1. The number of nitrogens with one attached hydrogen (secondary N) is 1. The number of pyridine rings is 1. The number of carbonyl (C=O) groups is 1. The lowest BCUT2D eigenvalue weighted by molar-refractivity contribution is -0.142. The van der Waals surface area contributed by atoms with Crippen LogP contribution in [0.15, 0.2) is 89.9 Å². The van der Waals surface area contributed by atoms with Gasteiger partial charge in [-0.25, -0.2) is 0 Å². The van der Waals surface area contributed by atoms with E-state index in [4.69, 9.17) is 0 Å². The molecule has 2 heterocycles. The standard InChI is InChI=1S/C32H32N4O5S/c1-24(32(38)41-2)33-42(39,40)36-20-18-34(19-21-36)29-14-11-25(12-15-29)8-9-26-10-13-28-16-17-35(31(37)30(28)22-26)23-27-6-4-3-5-7-27/h3-7,10-17,22,24,33H,18-21,23H2,1-2H3/t24-/m1/s1. The summed E-state index contributed by atoms with van der Waals surface area (Å²) in [5, 5.41) is 1.51. The molecule has 0 amide bonds. The van der Waals surface area contributed by atoms with Gasteiger partial charge in [0.25, 0.3) is 15.8 Å². The molecular formula is C32H32N4O5S. The predicted molar refractivity (Wildman–Crippen MR) is 163 cm³/mol. The molecule has 0 bridgehead atoms. The largest absolute Gasteiger partial charge is 0.468 e. The van der Waals surface area contributed by atoms with E-state index in [1.54, 1.807) is 4.57 Å². The molecule has 42 heavy (non-hydrogen) atoms. The van der Waals surface area contributed by atoms with Crippen molar-refractivity contribution in [3.63, 3.8) is 0 Å². The van der Waals surface area contributed by atoms with Gasteiger partial charge in [0.05, 0.1) is 13.7 Å². The molecule has 1 fully saturated rings. The first-order chi connectivity index (χ1) is 20.2. The average molecular weight is 585 g/mol. The summed E-state index contributed by atoms with van der Waals surface area (Å²) in [6.07, 6.45) is 1.83. The number of piperazine rings is 1. The van der Waals surface area contributed by atoms with Gasteiger partial charge in [0.2, 0.25) is 0 Å². The van der Waals surface area contributed by atoms with Crippen molar-refractivity contribution in [2.75, 3.05) is 38.2 Å². The smallest absolute Gasteiger partial charge is 0.323 e. The molecule has 216 valence electrons. The number of rotatable bonds is 7. The van der Waals surface area contributed by atoms with Gasteiger partial charge in [-0.3, -0.25) is 9.59 Å². The lowest BCUT2D eigenvalue weighted by Crippen LogP contribution is -2.54. The van der Waals surface area contributed by atoms with E-state index in [9.17, 15) is 18.0 Å². The topological polar surface area (TPSA) is 101 Å². The fraction of sp³-hybridized carbons (Fsp3) is 0.250. The highest BCUT2D eigenvalue weighted by atomic mass is 32.2. The average Bonchev–Trinajstić information content (AvgIpc) is 3.01. The number of anilines is 1. The zero-order valence-electron chi connectivity index (χ0n) is 23.5. The van der Waals surface area contributed by atoms with Crippen molar-refractivity contribution < 1.29 is 17.9 Å². The quantitative estimate of drug-likeness (QED) is 0.265. The Kier molecular flexibility index (Phi) is 8.73. The maximum atomic E-state index is 13.2. The fourth-order valence-corrected chi connectivity index (χ4v) is 6.21. The van der Waals surface area contributed by atoms with E-state index in [1.165, 1.54) is 18.3 Å². The maximum absolute atomic E-state index is 13.2. The maximum Gasteiger partial charge on any atom is 0.323 e. The van der Waals surface area contributed by atoms with Crippen molar-refractivity contribution in [3.05, 3.63) is 112 Å². The van der Waals surface area contributed by atoms with Crippen molar-refractivity contribution in [2.24, 2.45) is 0 Å². The van der Waals surface area contributed by atoms with Gasteiger partial charge in [0.15, 0.2) is 0 Å². The van der Waals surface area contributed by atoms with Crippen LogP contribution in [0.2, 0.25) is 0 Å². The molecule has 1 saturated heterocycles. The van der Waals surface area contributed by atoms with Gasteiger partial charge in [-0.2, -0.15) is 17.4 Å². The molecule has 0 unspecified atom stereocenters. The highest BCUT2D eigenvalue weighted by Gasteiger charge is 2.30. The number of methoxy groups -OCH3 is 1. The van der Waals surface area contributed by atoms with Crippen LogP contribution in [-0.2, 0) is 26.3 Å². The van der Waals surface area contributed by atoms with Crippen LogP contribution in [0.4, 0.5) is 5.69 Å². The molecule has 1 atom stereocenters. The first-order valence-corrected chi connectivity index (χ1v) is 15.1. The second kappa shape index (κ2) is 12.6. The van der Waals surface area contributed by atoms with Gasteiger partial charge >= 0.3 is 5.97 Å². The molecule has 9 nitrogen and oxygen atoms in total. The highest BCUT2D eigenvalue weighted by molar-refractivity contribution is 7.87. The van der Waals surface area contributed by atoms with Gasteiger partial charge < -0.3 is 14.2 Å². The molecule has 1 N–H and O–H groups in total. The second-order valence-electron chi connectivity index (χ2n) is 10.1. The van der Waals surface area contributed by atoms with Crippen molar-refractivity contribution in [2.45, 2.75) is 19.5 Å². The minimum Gasteiger partial charge on any atom is -0.468 e. The van der Waals surface area contributed by atoms with Gasteiger partial charge in [-0.15, -0.1) is 0 Å².